The fourth-order valence-electron chi connectivity index (χ4n) is 2.07. The molecule has 1 aromatic carbocycles. The van der Waals surface area contributed by atoms with Crippen LogP contribution in [0.3, 0.4) is 0 Å². The van der Waals surface area contributed by atoms with Crippen LogP contribution in [0.4, 0.5) is 14.5 Å². The molecule has 1 N–H and O–H groups in total. The third-order valence-corrected chi connectivity index (χ3v) is 2.48. The van der Waals surface area contributed by atoms with E-state index in [-0.39, 0.29) is 5.54 Å². The lowest BCUT2D eigenvalue weighted by atomic mass is 9.91. The molecular weight excluding hydrogens is 196 g/mol. The van der Waals surface area contributed by atoms with Crippen LogP contribution in [0, 0.1) is 11.6 Å². The van der Waals surface area contributed by atoms with Crippen LogP contribution >= 0.6 is 0 Å². The van der Waals surface area contributed by atoms with Crippen molar-refractivity contribution in [2.45, 2.75) is 26.3 Å². The molecule has 1 aliphatic heterocycles. The van der Waals surface area contributed by atoms with Crippen LogP contribution in [0.5, 0.6) is 0 Å². The highest BCUT2D eigenvalue weighted by atomic mass is 19.1. The number of anilines is 1. The molecule has 0 saturated heterocycles. The van der Waals surface area contributed by atoms with E-state index < -0.39 is 11.6 Å². The molecule has 1 aromatic rings. The molecule has 3 heteroatoms. The Balaban J connectivity index is 2.65. The first-order chi connectivity index (χ1) is 6.89. The number of rotatable bonds is 0. The number of hydrogen-bond acceptors (Lipinski definition) is 1. The normalized spacial score (nSPS) is 17.8. The van der Waals surface area contributed by atoms with Crippen LogP contribution < -0.4 is 5.32 Å². The number of halogens is 2. The van der Waals surface area contributed by atoms with Crippen LogP contribution in [-0.2, 0) is 0 Å². The lowest BCUT2D eigenvalue weighted by Gasteiger charge is -2.31. The zero-order valence-corrected chi connectivity index (χ0v) is 8.99. The van der Waals surface area contributed by atoms with Gasteiger partial charge >= 0.3 is 0 Å². The Morgan fingerprint density at radius 2 is 1.87 bits per heavy atom. The molecule has 0 aromatic heterocycles. The van der Waals surface area contributed by atoms with Crippen molar-refractivity contribution in [2.75, 3.05) is 5.32 Å². The van der Waals surface area contributed by atoms with Gasteiger partial charge in [0.1, 0.15) is 11.6 Å². The molecule has 0 fully saturated rings. The molecule has 0 unspecified atom stereocenters. The first-order valence-corrected chi connectivity index (χ1v) is 4.86. The Morgan fingerprint density at radius 1 is 1.20 bits per heavy atom. The highest BCUT2D eigenvalue weighted by Crippen LogP contribution is 2.35. The summed E-state index contributed by atoms with van der Waals surface area (Å²) in [6, 6.07) is 2.24. The van der Waals surface area contributed by atoms with Crippen molar-refractivity contribution >= 4 is 11.3 Å². The van der Waals surface area contributed by atoms with Crippen LogP contribution in [0.1, 0.15) is 26.3 Å². The van der Waals surface area contributed by atoms with Gasteiger partial charge in [0.25, 0.3) is 0 Å². The maximum Gasteiger partial charge on any atom is 0.135 e. The molecule has 0 radical (unpaired) electrons. The molecule has 0 amide bonds. The molecule has 0 bridgehead atoms. The smallest absolute Gasteiger partial charge is 0.135 e. The zero-order chi connectivity index (χ0) is 11.2. The van der Waals surface area contributed by atoms with Crippen molar-refractivity contribution in [1.29, 1.82) is 0 Å². The quantitative estimate of drug-likeness (QED) is 0.688. The highest BCUT2D eigenvalue weighted by Gasteiger charge is 2.25. The molecule has 1 heterocycles. The third-order valence-electron chi connectivity index (χ3n) is 2.48. The van der Waals surface area contributed by atoms with Crippen molar-refractivity contribution in [1.82, 2.24) is 0 Å². The lowest BCUT2D eigenvalue weighted by Crippen LogP contribution is -2.31. The summed E-state index contributed by atoms with van der Waals surface area (Å²) in [5.74, 6) is -1.06. The monoisotopic (exact) mass is 209 g/mol. The van der Waals surface area contributed by atoms with Crippen molar-refractivity contribution in [3.05, 3.63) is 35.4 Å². The zero-order valence-electron chi connectivity index (χ0n) is 8.99. The first kappa shape index (κ1) is 10.1. The van der Waals surface area contributed by atoms with Gasteiger partial charge in [0.05, 0.1) is 5.54 Å². The van der Waals surface area contributed by atoms with E-state index in [2.05, 4.69) is 5.32 Å². The van der Waals surface area contributed by atoms with Gasteiger partial charge in [-0.15, -0.1) is 0 Å². The molecule has 1 nitrogen and oxygen atoms in total. The SMILES string of the molecule is CC1=CC(C)(C)Nc2cc(F)cc(F)c21. The molecule has 0 aliphatic carbocycles. The van der Waals surface area contributed by atoms with E-state index in [0.717, 1.165) is 11.6 Å². The van der Waals surface area contributed by atoms with Crippen LogP contribution in [0.25, 0.3) is 5.57 Å². The van der Waals surface area contributed by atoms with Crippen molar-refractivity contribution in [3.63, 3.8) is 0 Å². The van der Waals surface area contributed by atoms with E-state index in [1.54, 1.807) is 0 Å². The maximum absolute atomic E-state index is 13.5. The molecule has 2 rings (SSSR count). The highest BCUT2D eigenvalue weighted by molar-refractivity contribution is 5.80. The molecular formula is C12H13F2N. The number of nitrogens with one attached hydrogen (secondary N) is 1. The second kappa shape index (κ2) is 3.05. The van der Waals surface area contributed by atoms with E-state index in [1.807, 2.05) is 26.8 Å². The van der Waals surface area contributed by atoms with E-state index in [9.17, 15) is 8.78 Å². The summed E-state index contributed by atoms with van der Waals surface area (Å²) in [6.45, 7) is 5.76. The Bertz CT molecular complexity index is 447. The largest absolute Gasteiger partial charge is 0.376 e. The second-order valence-corrected chi connectivity index (χ2v) is 4.48. The third kappa shape index (κ3) is 1.74. The van der Waals surface area contributed by atoms with Gasteiger partial charge in [0.15, 0.2) is 0 Å². The van der Waals surface area contributed by atoms with Crippen LogP contribution in [0.2, 0.25) is 0 Å². The maximum atomic E-state index is 13.5. The van der Waals surface area contributed by atoms with Gasteiger partial charge in [-0.05, 0) is 32.4 Å². The van der Waals surface area contributed by atoms with Crippen molar-refractivity contribution in [3.8, 4) is 0 Å². The molecule has 0 spiro atoms. The summed E-state index contributed by atoms with van der Waals surface area (Å²) in [5, 5.41) is 3.09. The van der Waals surface area contributed by atoms with Gasteiger partial charge in [-0.3, -0.25) is 0 Å². The number of benzene rings is 1. The van der Waals surface area contributed by atoms with E-state index in [1.165, 1.54) is 6.07 Å². The number of allylic oxidation sites excluding steroid dienone is 1. The molecule has 0 atom stereocenters. The molecule has 15 heavy (non-hydrogen) atoms. The van der Waals surface area contributed by atoms with Gasteiger partial charge in [-0.25, -0.2) is 8.78 Å². The Hall–Kier alpha value is -1.38. The first-order valence-electron chi connectivity index (χ1n) is 4.86. The average molecular weight is 209 g/mol. The fraction of sp³-hybridized carbons (Fsp3) is 0.333. The lowest BCUT2D eigenvalue weighted by molar-refractivity contribution is 0.578. The van der Waals surface area contributed by atoms with Gasteiger partial charge in [0.2, 0.25) is 0 Å². The fourth-order valence-corrected chi connectivity index (χ4v) is 2.07. The van der Waals surface area contributed by atoms with Gasteiger partial charge in [0, 0.05) is 17.3 Å². The molecule has 0 saturated carbocycles. The standard InChI is InChI=1S/C12H13F2N/c1-7-6-12(2,3)15-10-5-8(13)4-9(14)11(7)10/h4-6,15H,1-3H3. The number of hydrogen-bond donors (Lipinski definition) is 1. The number of fused-ring (bicyclic) bond motifs is 1. The van der Waals surface area contributed by atoms with Crippen molar-refractivity contribution in [2.24, 2.45) is 0 Å². The molecule has 80 valence electrons. The minimum atomic E-state index is -0.552. The van der Waals surface area contributed by atoms with Gasteiger partial charge < -0.3 is 5.32 Å². The van der Waals surface area contributed by atoms with Crippen LogP contribution in [-0.4, -0.2) is 5.54 Å². The Morgan fingerprint density at radius 3 is 2.53 bits per heavy atom. The van der Waals surface area contributed by atoms with E-state index >= 15 is 0 Å². The Labute approximate surface area is 87.8 Å². The minimum Gasteiger partial charge on any atom is -0.376 e. The predicted molar refractivity (Wildman–Crippen MR) is 57.7 cm³/mol. The summed E-state index contributed by atoms with van der Waals surface area (Å²) < 4.78 is 26.5. The average Bonchev–Trinajstić information content (AvgIpc) is 1.97. The summed E-state index contributed by atoms with van der Waals surface area (Å²) in [6.07, 6.45) is 1.94. The minimum absolute atomic E-state index is 0.267. The van der Waals surface area contributed by atoms with E-state index in [0.29, 0.717) is 11.3 Å². The van der Waals surface area contributed by atoms with Gasteiger partial charge in [-0.2, -0.15) is 0 Å². The van der Waals surface area contributed by atoms with E-state index in [4.69, 9.17) is 0 Å². The summed E-state index contributed by atoms with van der Waals surface area (Å²) in [7, 11) is 0. The summed E-state index contributed by atoms with van der Waals surface area (Å²) in [4.78, 5) is 0. The van der Waals surface area contributed by atoms with Gasteiger partial charge in [-0.1, -0.05) is 6.08 Å². The molecule has 1 aliphatic rings. The van der Waals surface area contributed by atoms with Crippen LogP contribution in [0.15, 0.2) is 18.2 Å². The second-order valence-electron chi connectivity index (χ2n) is 4.48. The summed E-state index contributed by atoms with van der Waals surface area (Å²) >= 11 is 0. The predicted octanol–water partition coefficient (Wildman–Crippen LogP) is 3.57. The van der Waals surface area contributed by atoms with Crippen molar-refractivity contribution < 1.29 is 8.78 Å². The Kier molecular flexibility index (Phi) is 2.07. The topological polar surface area (TPSA) is 12.0 Å². The summed E-state index contributed by atoms with van der Waals surface area (Å²) in [5.41, 5.74) is 1.57.